The molecule has 1 rings (SSSR count). The van der Waals surface area contributed by atoms with Gasteiger partial charge in [-0.05, 0) is 12.8 Å². The average molecular weight is 234 g/mol. The second kappa shape index (κ2) is 5.37. The molecule has 0 fully saturated rings. The lowest BCUT2D eigenvalue weighted by Gasteiger charge is -2.19. The Labute approximate surface area is 104 Å². The quantitative estimate of drug-likeness (QED) is 0.642. The van der Waals surface area contributed by atoms with Crippen molar-refractivity contribution in [2.75, 3.05) is 0 Å². The van der Waals surface area contributed by atoms with Gasteiger partial charge in [0.1, 0.15) is 0 Å². The Morgan fingerprint density at radius 3 is 2.71 bits per heavy atom. The zero-order chi connectivity index (χ0) is 13.1. The molecule has 0 bridgehead atoms. The summed E-state index contributed by atoms with van der Waals surface area (Å²) in [5, 5.41) is 14.6. The Morgan fingerprint density at radius 2 is 2.18 bits per heavy atom. The number of unbranched alkanes of at least 4 members (excludes halogenated alkanes) is 1. The summed E-state index contributed by atoms with van der Waals surface area (Å²) in [6.07, 6.45) is 8.89. The number of aliphatic hydroxyl groups is 1. The first-order chi connectivity index (χ1) is 7.86. The Bertz CT molecular complexity index is 407. The van der Waals surface area contributed by atoms with E-state index in [1.807, 2.05) is 13.2 Å². The number of terminal acetylenes is 1. The molecule has 0 aliphatic heterocycles. The normalized spacial score (nSPS) is 13.4. The Balaban J connectivity index is 2.86. The van der Waals surface area contributed by atoms with E-state index in [1.165, 1.54) is 0 Å². The van der Waals surface area contributed by atoms with E-state index in [0.29, 0.717) is 12.8 Å². The monoisotopic (exact) mass is 234 g/mol. The predicted molar refractivity (Wildman–Crippen MR) is 69.6 cm³/mol. The highest BCUT2D eigenvalue weighted by atomic mass is 16.3. The van der Waals surface area contributed by atoms with Gasteiger partial charge in [-0.15, -0.1) is 12.3 Å². The van der Waals surface area contributed by atoms with Crippen LogP contribution < -0.4 is 0 Å². The van der Waals surface area contributed by atoms with Gasteiger partial charge >= 0.3 is 0 Å². The third-order valence-corrected chi connectivity index (χ3v) is 2.73. The van der Waals surface area contributed by atoms with Crippen molar-refractivity contribution in [3.63, 3.8) is 0 Å². The molecule has 0 radical (unpaired) electrons. The van der Waals surface area contributed by atoms with Crippen LogP contribution in [0.25, 0.3) is 0 Å². The highest BCUT2D eigenvalue weighted by Crippen LogP contribution is 2.30. The molecule has 17 heavy (non-hydrogen) atoms. The third-order valence-electron chi connectivity index (χ3n) is 2.73. The lowest BCUT2D eigenvalue weighted by molar-refractivity contribution is 0.163. The lowest BCUT2D eigenvalue weighted by atomic mass is 9.87. The fourth-order valence-corrected chi connectivity index (χ4v) is 1.89. The van der Waals surface area contributed by atoms with Crippen LogP contribution in [0.5, 0.6) is 0 Å². The summed E-state index contributed by atoms with van der Waals surface area (Å²) in [5.74, 6) is 2.59. The average Bonchev–Trinajstić information content (AvgIpc) is 2.60. The first-order valence-corrected chi connectivity index (χ1v) is 6.02. The molecule has 3 nitrogen and oxygen atoms in total. The molecule has 0 amide bonds. The van der Waals surface area contributed by atoms with Crippen molar-refractivity contribution in [3.8, 4) is 12.3 Å². The summed E-state index contributed by atoms with van der Waals surface area (Å²) in [5.41, 5.74) is 1.84. The molecule has 0 saturated heterocycles. The van der Waals surface area contributed by atoms with Crippen LogP contribution in [0.15, 0.2) is 6.20 Å². The number of aliphatic hydroxyl groups excluding tert-OH is 1. The van der Waals surface area contributed by atoms with Crippen LogP contribution in [0.2, 0.25) is 0 Å². The molecular formula is C14H22N2O. The second-order valence-electron chi connectivity index (χ2n) is 5.47. The molecule has 1 unspecified atom stereocenters. The number of aryl methyl sites for hydroxylation is 1. The van der Waals surface area contributed by atoms with Crippen LogP contribution in [0.3, 0.4) is 0 Å². The molecular weight excluding hydrogens is 212 g/mol. The van der Waals surface area contributed by atoms with Gasteiger partial charge in [-0.25, -0.2) is 0 Å². The van der Waals surface area contributed by atoms with Gasteiger partial charge in [-0.1, -0.05) is 20.8 Å². The molecule has 0 saturated carbocycles. The number of nitrogens with zero attached hydrogens (tertiary/aromatic N) is 2. The minimum atomic E-state index is -0.466. The zero-order valence-corrected chi connectivity index (χ0v) is 11.2. The lowest BCUT2D eigenvalue weighted by Crippen LogP contribution is -2.16. The van der Waals surface area contributed by atoms with Crippen molar-refractivity contribution in [1.82, 2.24) is 9.78 Å². The first kappa shape index (κ1) is 13.8. The van der Waals surface area contributed by atoms with E-state index in [1.54, 1.807) is 4.68 Å². The van der Waals surface area contributed by atoms with Gasteiger partial charge in [0.2, 0.25) is 0 Å². The SMILES string of the molecule is C#CCCCC(O)c1cn(C)nc1C(C)(C)C. The molecule has 1 aromatic rings. The van der Waals surface area contributed by atoms with E-state index in [4.69, 9.17) is 6.42 Å². The van der Waals surface area contributed by atoms with Crippen molar-refractivity contribution in [1.29, 1.82) is 0 Å². The molecule has 0 spiro atoms. The molecule has 1 atom stereocenters. The van der Waals surface area contributed by atoms with Crippen molar-refractivity contribution in [2.45, 2.75) is 51.6 Å². The molecule has 0 aromatic carbocycles. The molecule has 94 valence electrons. The predicted octanol–water partition coefficient (Wildman–Crippen LogP) is 2.55. The maximum absolute atomic E-state index is 10.2. The standard InChI is InChI=1S/C14H22N2O/c1-6-7-8-9-12(17)11-10-16(5)15-13(11)14(2,3)4/h1,10,12,17H,7-9H2,2-5H3. The molecule has 3 heteroatoms. The van der Waals surface area contributed by atoms with Gasteiger partial charge in [-0.2, -0.15) is 5.10 Å². The summed E-state index contributed by atoms with van der Waals surface area (Å²) in [4.78, 5) is 0. The highest BCUT2D eigenvalue weighted by Gasteiger charge is 2.25. The van der Waals surface area contributed by atoms with Gasteiger partial charge in [0, 0.05) is 30.6 Å². The fraction of sp³-hybridized carbons (Fsp3) is 0.643. The van der Waals surface area contributed by atoms with E-state index >= 15 is 0 Å². The van der Waals surface area contributed by atoms with E-state index in [-0.39, 0.29) is 5.41 Å². The van der Waals surface area contributed by atoms with Crippen LogP contribution in [0, 0.1) is 12.3 Å². The van der Waals surface area contributed by atoms with E-state index in [0.717, 1.165) is 17.7 Å². The van der Waals surface area contributed by atoms with Crippen LogP contribution in [-0.2, 0) is 12.5 Å². The van der Waals surface area contributed by atoms with Gasteiger partial charge < -0.3 is 5.11 Å². The molecule has 0 aliphatic carbocycles. The summed E-state index contributed by atoms with van der Waals surface area (Å²) >= 11 is 0. The van der Waals surface area contributed by atoms with E-state index in [2.05, 4.69) is 31.8 Å². The third kappa shape index (κ3) is 3.61. The van der Waals surface area contributed by atoms with Crippen LogP contribution in [0.4, 0.5) is 0 Å². The molecule has 1 aromatic heterocycles. The van der Waals surface area contributed by atoms with Crippen LogP contribution in [-0.4, -0.2) is 14.9 Å². The summed E-state index contributed by atoms with van der Waals surface area (Å²) in [7, 11) is 1.88. The maximum atomic E-state index is 10.2. The van der Waals surface area contributed by atoms with Crippen molar-refractivity contribution < 1.29 is 5.11 Å². The van der Waals surface area contributed by atoms with Gasteiger partial charge in [0.15, 0.2) is 0 Å². The molecule has 1 heterocycles. The Hall–Kier alpha value is -1.27. The molecule has 0 aliphatic rings. The van der Waals surface area contributed by atoms with Crippen LogP contribution in [0.1, 0.15) is 57.4 Å². The number of aromatic nitrogens is 2. The number of hydrogen-bond donors (Lipinski definition) is 1. The topological polar surface area (TPSA) is 38.0 Å². The second-order valence-corrected chi connectivity index (χ2v) is 5.47. The van der Waals surface area contributed by atoms with E-state index < -0.39 is 6.10 Å². The number of rotatable bonds is 4. The highest BCUT2D eigenvalue weighted by molar-refractivity contribution is 5.26. The van der Waals surface area contributed by atoms with Gasteiger partial charge in [0.05, 0.1) is 11.8 Å². The van der Waals surface area contributed by atoms with E-state index in [9.17, 15) is 5.11 Å². The maximum Gasteiger partial charge on any atom is 0.0823 e. The zero-order valence-electron chi connectivity index (χ0n) is 11.2. The fourth-order valence-electron chi connectivity index (χ4n) is 1.89. The van der Waals surface area contributed by atoms with Crippen molar-refractivity contribution in [3.05, 3.63) is 17.5 Å². The van der Waals surface area contributed by atoms with Crippen molar-refractivity contribution >= 4 is 0 Å². The molecule has 1 N–H and O–H groups in total. The van der Waals surface area contributed by atoms with Crippen molar-refractivity contribution in [2.24, 2.45) is 7.05 Å². The first-order valence-electron chi connectivity index (χ1n) is 6.02. The largest absolute Gasteiger partial charge is 0.388 e. The minimum absolute atomic E-state index is 0.0519. The van der Waals surface area contributed by atoms with Gasteiger partial charge in [-0.3, -0.25) is 4.68 Å². The summed E-state index contributed by atoms with van der Waals surface area (Å²) < 4.78 is 1.76. The smallest absolute Gasteiger partial charge is 0.0823 e. The van der Waals surface area contributed by atoms with Gasteiger partial charge in [0.25, 0.3) is 0 Å². The minimum Gasteiger partial charge on any atom is -0.388 e. The summed E-state index contributed by atoms with van der Waals surface area (Å²) in [6, 6.07) is 0. The number of hydrogen-bond acceptors (Lipinski definition) is 2. The van der Waals surface area contributed by atoms with Crippen LogP contribution >= 0.6 is 0 Å². The Kier molecular flexibility index (Phi) is 4.36. The Morgan fingerprint density at radius 1 is 1.53 bits per heavy atom. The summed E-state index contributed by atoms with van der Waals surface area (Å²) in [6.45, 7) is 6.31.